The van der Waals surface area contributed by atoms with Crippen molar-refractivity contribution in [3.8, 4) is 44.5 Å². The van der Waals surface area contributed by atoms with Crippen molar-refractivity contribution in [1.29, 1.82) is 0 Å². The van der Waals surface area contributed by atoms with Crippen LogP contribution in [0.5, 0.6) is 0 Å². The summed E-state index contributed by atoms with van der Waals surface area (Å²) >= 11 is 0. The third-order valence-corrected chi connectivity index (χ3v) is 23.6. The summed E-state index contributed by atoms with van der Waals surface area (Å²) in [5, 5.41) is 4.97. The molecule has 0 saturated heterocycles. The minimum Gasteiger partial charge on any atom is -0.456 e. The first kappa shape index (κ1) is 65.7. The standard InChI is InChI=1S/C93H107NO2/c1-11-15-19-22-25-35-55-92(54-34-18-14-4)75-52-53-84-87(70-39-29-32-42-82(70)95-84)86(75)74-62-78-73(61-79(74)92)68-50-48-67(59-77(68)93(78,56-36-26-23-20-16-12-2)57-37-27-24-21-17-13-3)94(81-41-31-28-38-63(81)5)66-49-51-69-76(58-66)91(9,10)80-60-72(64-44-46-65(47-45-64)90(6,7)8)89-88(85(69)80)71-40-30-33-43-83(71)96-89/h28-33,38-53,58-62H,11-27,34-37,54-57H2,1-10H3. The zero-order chi connectivity index (χ0) is 66.3. The monoisotopic (exact) mass is 1270 g/mol. The normalized spacial score (nSPS) is 15.6. The first-order valence-electron chi connectivity index (χ1n) is 38.2. The maximum Gasteiger partial charge on any atom is 0.143 e. The Hall–Kier alpha value is -7.62. The van der Waals surface area contributed by atoms with Crippen LogP contribution in [0, 0.1) is 6.92 Å². The van der Waals surface area contributed by atoms with Crippen LogP contribution in [0.2, 0.25) is 0 Å². The average molecular weight is 1270 g/mol. The Labute approximate surface area is 575 Å². The second-order valence-electron chi connectivity index (χ2n) is 31.3. The van der Waals surface area contributed by atoms with Gasteiger partial charge in [0, 0.05) is 60.4 Å². The molecule has 1 unspecified atom stereocenters. The van der Waals surface area contributed by atoms with Gasteiger partial charge in [0.25, 0.3) is 0 Å². The largest absolute Gasteiger partial charge is 0.456 e. The van der Waals surface area contributed by atoms with Crippen molar-refractivity contribution >= 4 is 60.9 Å². The molecule has 0 amide bonds. The van der Waals surface area contributed by atoms with Crippen LogP contribution in [-0.4, -0.2) is 0 Å². The molecule has 96 heavy (non-hydrogen) atoms. The molecule has 0 saturated carbocycles. The lowest BCUT2D eigenvalue weighted by Gasteiger charge is -2.35. The predicted molar refractivity (Wildman–Crippen MR) is 413 cm³/mol. The molecular formula is C93H107NO2. The highest BCUT2D eigenvalue weighted by atomic mass is 16.3. The molecule has 11 aromatic rings. The number of hydrogen-bond acceptors (Lipinski definition) is 3. The van der Waals surface area contributed by atoms with Crippen molar-refractivity contribution in [3.05, 3.63) is 208 Å². The highest BCUT2D eigenvalue weighted by Crippen LogP contribution is 2.64. The molecule has 0 N–H and O–H groups in total. The summed E-state index contributed by atoms with van der Waals surface area (Å²) < 4.78 is 13.9. The molecule has 0 aliphatic heterocycles. The van der Waals surface area contributed by atoms with Gasteiger partial charge in [-0.25, -0.2) is 0 Å². The number of para-hydroxylation sites is 3. The lowest BCUT2D eigenvalue weighted by molar-refractivity contribution is 0.396. The van der Waals surface area contributed by atoms with Crippen molar-refractivity contribution in [2.75, 3.05) is 4.90 Å². The van der Waals surface area contributed by atoms with Gasteiger partial charge in [0.1, 0.15) is 22.3 Å². The van der Waals surface area contributed by atoms with Crippen LogP contribution >= 0.6 is 0 Å². The van der Waals surface area contributed by atoms with Crippen LogP contribution in [0.1, 0.15) is 267 Å². The topological polar surface area (TPSA) is 29.5 Å². The second-order valence-corrected chi connectivity index (χ2v) is 31.3. The molecule has 14 rings (SSSR count). The third-order valence-electron chi connectivity index (χ3n) is 23.6. The fourth-order valence-corrected chi connectivity index (χ4v) is 18.4. The Bertz CT molecular complexity index is 4590. The molecule has 496 valence electrons. The molecular weight excluding hydrogens is 1160 g/mol. The first-order valence-corrected chi connectivity index (χ1v) is 38.2. The SMILES string of the molecule is CCCCCCCCC1(CCCCCCCC)c2cc(N(c3ccc4c(c3)C(C)(C)c3cc(-c5ccc(C(C)(C)C)cc5)c5oc6ccccc6c5c3-4)c3ccccc3C)ccc2-c2cc3c(cc21)-c1c(ccc2oc4ccccc4c12)C3(CCCCC)CCCCCCCC. The number of rotatable bonds is 29. The van der Waals surface area contributed by atoms with E-state index in [4.69, 9.17) is 8.83 Å². The van der Waals surface area contributed by atoms with Crippen molar-refractivity contribution in [3.63, 3.8) is 0 Å². The molecule has 0 bridgehead atoms. The summed E-state index contributed by atoms with van der Waals surface area (Å²) in [4.78, 5) is 2.64. The number of fused-ring (bicyclic) bond motifs is 17. The molecule has 3 heteroatoms. The molecule has 1 atom stereocenters. The Morgan fingerprint density at radius 3 is 1.45 bits per heavy atom. The van der Waals surface area contributed by atoms with E-state index in [9.17, 15) is 0 Å². The lowest BCUT2D eigenvalue weighted by atomic mass is 9.68. The molecule has 3 aliphatic rings. The number of unbranched alkanes of at least 4 members (excludes halogenated alkanes) is 17. The van der Waals surface area contributed by atoms with Gasteiger partial charge in [0.15, 0.2) is 0 Å². The van der Waals surface area contributed by atoms with E-state index in [-0.39, 0.29) is 21.7 Å². The predicted octanol–water partition coefficient (Wildman–Crippen LogP) is 28.9. The lowest BCUT2D eigenvalue weighted by Crippen LogP contribution is -2.27. The minimum atomic E-state index is -0.318. The van der Waals surface area contributed by atoms with Crippen molar-refractivity contribution < 1.29 is 8.83 Å². The van der Waals surface area contributed by atoms with Crippen LogP contribution in [0.3, 0.4) is 0 Å². The van der Waals surface area contributed by atoms with E-state index < -0.39 is 0 Å². The van der Waals surface area contributed by atoms with Gasteiger partial charge >= 0.3 is 0 Å². The first-order chi connectivity index (χ1) is 46.8. The minimum absolute atomic E-state index is 0.0557. The van der Waals surface area contributed by atoms with E-state index in [0.29, 0.717) is 0 Å². The number of benzene rings is 9. The Kier molecular flexibility index (Phi) is 18.7. The molecule has 0 radical (unpaired) electrons. The summed E-state index contributed by atoms with van der Waals surface area (Å²) in [7, 11) is 0. The van der Waals surface area contributed by atoms with Gasteiger partial charge in [-0.1, -0.05) is 294 Å². The van der Waals surface area contributed by atoms with Gasteiger partial charge in [0.05, 0.1) is 0 Å². The van der Waals surface area contributed by atoms with Crippen LogP contribution in [0.25, 0.3) is 88.4 Å². The fourth-order valence-electron chi connectivity index (χ4n) is 18.4. The van der Waals surface area contributed by atoms with E-state index in [1.165, 1.54) is 247 Å². The van der Waals surface area contributed by atoms with Gasteiger partial charge in [-0.2, -0.15) is 0 Å². The Morgan fingerprint density at radius 2 is 0.833 bits per heavy atom. The van der Waals surface area contributed by atoms with Gasteiger partial charge in [0.2, 0.25) is 0 Å². The quantitative estimate of drug-likeness (QED) is 0.0438. The zero-order valence-corrected chi connectivity index (χ0v) is 60.0. The number of nitrogens with zero attached hydrogens (tertiary/aromatic N) is 1. The van der Waals surface area contributed by atoms with Gasteiger partial charge in [-0.15, -0.1) is 0 Å². The van der Waals surface area contributed by atoms with Crippen molar-refractivity contribution in [2.45, 2.75) is 251 Å². The van der Waals surface area contributed by atoms with Gasteiger partial charge < -0.3 is 13.7 Å². The highest BCUT2D eigenvalue weighted by molar-refractivity contribution is 6.19. The molecule has 2 heterocycles. The van der Waals surface area contributed by atoms with E-state index >= 15 is 0 Å². The molecule has 3 nitrogen and oxygen atoms in total. The Balaban J connectivity index is 0.965. The maximum absolute atomic E-state index is 7.02. The smallest absolute Gasteiger partial charge is 0.143 e. The van der Waals surface area contributed by atoms with E-state index in [0.717, 1.165) is 40.7 Å². The van der Waals surface area contributed by atoms with E-state index in [1.807, 2.05) is 0 Å². The van der Waals surface area contributed by atoms with E-state index in [1.54, 1.807) is 22.3 Å². The molecule has 2 aromatic heterocycles. The maximum atomic E-state index is 7.02. The number of furan rings is 2. The molecule has 9 aromatic carbocycles. The molecule has 3 aliphatic carbocycles. The van der Waals surface area contributed by atoms with Crippen LogP contribution in [0.4, 0.5) is 17.1 Å². The molecule has 0 spiro atoms. The Morgan fingerprint density at radius 1 is 0.365 bits per heavy atom. The zero-order valence-electron chi connectivity index (χ0n) is 60.0. The van der Waals surface area contributed by atoms with Crippen LogP contribution in [-0.2, 0) is 21.7 Å². The van der Waals surface area contributed by atoms with E-state index in [2.05, 4.69) is 238 Å². The summed E-state index contributed by atoms with van der Waals surface area (Å²) in [5.41, 5.74) is 29.5. The van der Waals surface area contributed by atoms with Crippen LogP contribution in [0.15, 0.2) is 173 Å². The highest BCUT2D eigenvalue weighted by Gasteiger charge is 2.49. The molecule has 0 fully saturated rings. The third kappa shape index (κ3) is 11.6. The van der Waals surface area contributed by atoms with Crippen molar-refractivity contribution in [2.24, 2.45) is 0 Å². The van der Waals surface area contributed by atoms with Gasteiger partial charge in [-0.05, 0) is 188 Å². The number of aryl methyl sites for hydroxylation is 1. The average Bonchev–Trinajstić information content (AvgIpc) is 1.53. The summed E-state index contributed by atoms with van der Waals surface area (Å²) in [6.45, 7) is 23.6. The van der Waals surface area contributed by atoms with Crippen LogP contribution < -0.4 is 4.90 Å². The fraction of sp³-hybridized carbons (Fsp3) is 0.419. The summed E-state index contributed by atoms with van der Waals surface area (Å²) in [6, 6.07) is 64.4. The summed E-state index contributed by atoms with van der Waals surface area (Å²) in [5.74, 6) is 0. The second kappa shape index (κ2) is 27.4. The van der Waals surface area contributed by atoms with Gasteiger partial charge in [-0.3, -0.25) is 0 Å². The number of hydrogen-bond donors (Lipinski definition) is 0. The summed E-state index contributed by atoms with van der Waals surface area (Å²) in [6.07, 6.45) is 31.5. The number of anilines is 3. The van der Waals surface area contributed by atoms with Crippen molar-refractivity contribution in [1.82, 2.24) is 0 Å².